The molecule has 0 unspecified atom stereocenters. The van der Waals surface area contributed by atoms with E-state index in [-0.39, 0.29) is 19.0 Å². The van der Waals surface area contributed by atoms with E-state index in [2.05, 4.69) is 5.32 Å². The van der Waals surface area contributed by atoms with Crippen molar-refractivity contribution in [3.8, 4) is 0 Å². The first-order valence-corrected chi connectivity index (χ1v) is 12.5. The summed E-state index contributed by atoms with van der Waals surface area (Å²) in [4.78, 5) is 27.6. The number of rotatable bonds is 9. The second kappa shape index (κ2) is 10.6. The molecule has 1 atom stereocenters. The Morgan fingerprint density at radius 3 is 2.03 bits per heavy atom. The highest BCUT2D eigenvalue weighted by Gasteiger charge is 2.32. The number of carbonyl (C=O) groups excluding carboxylic acids is 2. The van der Waals surface area contributed by atoms with Crippen LogP contribution in [0.25, 0.3) is 0 Å². The van der Waals surface area contributed by atoms with E-state index in [1.807, 2.05) is 70.2 Å². The predicted octanol–water partition coefficient (Wildman–Crippen LogP) is 2.93. The normalized spacial score (nSPS) is 12.2. The number of hydrogen-bond acceptors (Lipinski definition) is 4. The van der Waals surface area contributed by atoms with Crippen LogP contribution in [0.4, 0.5) is 5.69 Å². The fourth-order valence-electron chi connectivity index (χ4n) is 3.83. The zero-order chi connectivity index (χ0) is 24.1. The van der Waals surface area contributed by atoms with Crippen LogP contribution in [0.1, 0.15) is 35.6 Å². The topological polar surface area (TPSA) is 86.8 Å². The van der Waals surface area contributed by atoms with Crippen LogP contribution in [-0.4, -0.2) is 51.0 Å². The maximum Gasteiger partial charge on any atom is 0.244 e. The first-order chi connectivity index (χ1) is 15.0. The quantitative estimate of drug-likeness (QED) is 0.625. The fraction of sp³-hybridized carbons (Fsp3) is 0.417. The summed E-state index contributed by atoms with van der Waals surface area (Å²) in [6, 6.07) is 12.4. The maximum absolute atomic E-state index is 13.6. The number of amides is 2. The lowest BCUT2D eigenvalue weighted by Crippen LogP contribution is -2.51. The number of nitrogens with one attached hydrogen (secondary N) is 1. The number of benzene rings is 2. The summed E-state index contributed by atoms with van der Waals surface area (Å²) in [5.41, 5.74) is 3.90. The molecule has 0 aromatic heterocycles. The van der Waals surface area contributed by atoms with Crippen LogP contribution in [-0.2, 0) is 26.2 Å². The molecule has 0 heterocycles. The van der Waals surface area contributed by atoms with Crippen molar-refractivity contribution in [2.24, 2.45) is 0 Å². The van der Waals surface area contributed by atoms with Gasteiger partial charge in [0.25, 0.3) is 0 Å². The summed E-state index contributed by atoms with van der Waals surface area (Å²) in [5.74, 6) is -0.718. The maximum atomic E-state index is 13.6. The van der Waals surface area contributed by atoms with E-state index in [0.717, 1.165) is 32.8 Å². The number of sulfonamides is 1. The second-order valence-electron chi connectivity index (χ2n) is 8.00. The first-order valence-electron chi connectivity index (χ1n) is 10.6. The van der Waals surface area contributed by atoms with Crippen LogP contribution in [0, 0.1) is 20.8 Å². The Labute approximate surface area is 191 Å². The van der Waals surface area contributed by atoms with Crippen LogP contribution in [0.5, 0.6) is 0 Å². The lowest BCUT2D eigenvalue weighted by atomic mass is 10.1. The van der Waals surface area contributed by atoms with E-state index in [1.54, 1.807) is 0 Å². The van der Waals surface area contributed by atoms with Crippen LogP contribution < -0.4 is 9.62 Å². The van der Waals surface area contributed by atoms with Gasteiger partial charge < -0.3 is 10.2 Å². The Morgan fingerprint density at radius 1 is 0.969 bits per heavy atom. The summed E-state index contributed by atoms with van der Waals surface area (Å²) < 4.78 is 26.6. The van der Waals surface area contributed by atoms with Gasteiger partial charge in [0.1, 0.15) is 12.6 Å². The Balaban J connectivity index is 2.51. The molecular weight excluding hydrogens is 426 g/mol. The molecule has 0 saturated heterocycles. The average Bonchev–Trinajstić information content (AvgIpc) is 2.72. The Kier molecular flexibility index (Phi) is 8.44. The van der Waals surface area contributed by atoms with Gasteiger partial charge in [-0.3, -0.25) is 13.9 Å². The van der Waals surface area contributed by atoms with Gasteiger partial charge in [0.15, 0.2) is 0 Å². The lowest BCUT2D eigenvalue weighted by molar-refractivity contribution is -0.140. The van der Waals surface area contributed by atoms with Crippen molar-refractivity contribution >= 4 is 27.5 Å². The first kappa shape index (κ1) is 25.4. The van der Waals surface area contributed by atoms with E-state index in [4.69, 9.17) is 0 Å². The standard InChI is InChI=1S/C24H33N3O4S/c1-7-21(24(29)25-5)26(15-20-14-9-8-11-17(20)2)22(28)16-27(32(6,30)31)23-18(3)12-10-13-19(23)4/h8-14,21H,7,15-16H2,1-6H3,(H,25,29)/t21-/m1/s1. The van der Waals surface area contributed by atoms with Crippen LogP contribution in [0.2, 0.25) is 0 Å². The molecule has 174 valence electrons. The average molecular weight is 460 g/mol. The van der Waals surface area contributed by atoms with Gasteiger partial charge in [0.2, 0.25) is 21.8 Å². The zero-order valence-corrected chi connectivity index (χ0v) is 20.5. The molecule has 0 fully saturated rings. The summed E-state index contributed by atoms with van der Waals surface area (Å²) in [6.07, 6.45) is 1.49. The molecule has 2 aromatic rings. The van der Waals surface area contributed by atoms with E-state index in [0.29, 0.717) is 12.1 Å². The highest BCUT2D eigenvalue weighted by atomic mass is 32.2. The van der Waals surface area contributed by atoms with Crippen molar-refractivity contribution in [1.82, 2.24) is 10.2 Å². The molecule has 0 bridgehead atoms. The van der Waals surface area contributed by atoms with Crippen LogP contribution in [0.3, 0.4) is 0 Å². The molecule has 1 N–H and O–H groups in total. The summed E-state index contributed by atoms with van der Waals surface area (Å²) in [6.45, 7) is 7.23. The van der Waals surface area contributed by atoms with Gasteiger partial charge in [-0.25, -0.2) is 8.42 Å². The molecule has 0 aliphatic heterocycles. The molecule has 7 nitrogen and oxygen atoms in total. The second-order valence-corrected chi connectivity index (χ2v) is 9.90. The molecule has 0 spiro atoms. The van der Waals surface area contributed by atoms with Gasteiger partial charge in [-0.2, -0.15) is 0 Å². The highest BCUT2D eigenvalue weighted by molar-refractivity contribution is 7.92. The third-order valence-electron chi connectivity index (χ3n) is 5.60. The Hall–Kier alpha value is -2.87. The van der Waals surface area contributed by atoms with Crippen molar-refractivity contribution in [2.45, 2.75) is 46.7 Å². The smallest absolute Gasteiger partial charge is 0.244 e. The molecular formula is C24H33N3O4S. The molecule has 8 heteroatoms. The van der Waals surface area contributed by atoms with Crippen molar-refractivity contribution in [1.29, 1.82) is 0 Å². The SMILES string of the molecule is CC[C@H](C(=O)NC)N(Cc1ccccc1C)C(=O)CN(c1c(C)cccc1C)S(C)(=O)=O. The Morgan fingerprint density at radius 2 is 1.53 bits per heavy atom. The van der Waals surface area contributed by atoms with Crippen molar-refractivity contribution in [3.05, 3.63) is 64.7 Å². The number of anilines is 1. The fourth-order valence-corrected chi connectivity index (χ4v) is 4.80. The monoisotopic (exact) mass is 459 g/mol. The van der Waals surface area contributed by atoms with Gasteiger partial charge in [-0.05, 0) is 49.4 Å². The van der Waals surface area contributed by atoms with Gasteiger partial charge in [0.05, 0.1) is 11.9 Å². The van der Waals surface area contributed by atoms with Gasteiger partial charge in [-0.1, -0.05) is 49.4 Å². The minimum atomic E-state index is -3.75. The largest absolute Gasteiger partial charge is 0.357 e. The molecule has 2 rings (SSSR count). The summed E-state index contributed by atoms with van der Waals surface area (Å²) >= 11 is 0. The summed E-state index contributed by atoms with van der Waals surface area (Å²) in [5, 5.41) is 2.62. The van der Waals surface area contributed by atoms with Crippen LogP contribution >= 0.6 is 0 Å². The molecule has 2 amide bonds. The lowest BCUT2D eigenvalue weighted by Gasteiger charge is -2.33. The van der Waals surface area contributed by atoms with Crippen LogP contribution in [0.15, 0.2) is 42.5 Å². The predicted molar refractivity (Wildman–Crippen MR) is 128 cm³/mol. The molecule has 0 aliphatic carbocycles. The zero-order valence-electron chi connectivity index (χ0n) is 19.7. The number of carbonyl (C=O) groups is 2. The summed E-state index contributed by atoms with van der Waals surface area (Å²) in [7, 11) is -2.22. The number of nitrogens with zero attached hydrogens (tertiary/aromatic N) is 2. The number of hydrogen-bond donors (Lipinski definition) is 1. The van der Waals surface area contributed by atoms with Crippen molar-refractivity contribution in [3.63, 3.8) is 0 Å². The third-order valence-corrected chi connectivity index (χ3v) is 6.71. The Bertz CT molecular complexity index is 1060. The van der Waals surface area contributed by atoms with Gasteiger partial charge >= 0.3 is 0 Å². The molecule has 0 saturated carbocycles. The molecule has 2 aromatic carbocycles. The van der Waals surface area contributed by atoms with Gasteiger partial charge in [-0.15, -0.1) is 0 Å². The minimum absolute atomic E-state index is 0.210. The van der Waals surface area contributed by atoms with E-state index in [1.165, 1.54) is 11.9 Å². The molecule has 0 radical (unpaired) electrons. The van der Waals surface area contributed by atoms with Crippen molar-refractivity contribution in [2.75, 3.05) is 24.2 Å². The van der Waals surface area contributed by atoms with E-state index in [9.17, 15) is 18.0 Å². The van der Waals surface area contributed by atoms with Crippen molar-refractivity contribution < 1.29 is 18.0 Å². The number of para-hydroxylation sites is 1. The minimum Gasteiger partial charge on any atom is -0.357 e. The highest BCUT2D eigenvalue weighted by Crippen LogP contribution is 2.27. The number of aryl methyl sites for hydroxylation is 3. The van der Waals surface area contributed by atoms with E-state index >= 15 is 0 Å². The van der Waals surface area contributed by atoms with Gasteiger partial charge in [0, 0.05) is 13.6 Å². The molecule has 0 aliphatic rings. The van der Waals surface area contributed by atoms with E-state index < -0.39 is 22.0 Å². The number of likely N-dealkylation sites (N-methyl/N-ethyl adjacent to an activating group) is 1. The third kappa shape index (κ3) is 5.88. The molecule has 32 heavy (non-hydrogen) atoms.